The molecule has 2 nitrogen and oxygen atoms in total. The summed E-state index contributed by atoms with van der Waals surface area (Å²) >= 11 is 0. The molecule has 2 rings (SSSR count). The first-order valence-electron chi connectivity index (χ1n) is 6.78. The summed E-state index contributed by atoms with van der Waals surface area (Å²) in [6, 6.07) is 12.7. The average molecular weight is 254 g/mol. The van der Waals surface area contributed by atoms with Crippen molar-refractivity contribution >= 4 is 5.82 Å². The highest BCUT2D eigenvalue weighted by atomic mass is 14.8. The Morgan fingerprint density at radius 1 is 1.05 bits per heavy atom. The number of rotatable bonds is 3. The first-order chi connectivity index (χ1) is 8.94. The van der Waals surface area contributed by atoms with Crippen LogP contribution in [-0.2, 0) is 5.41 Å². The van der Waals surface area contributed by atoms with Gasteiger partial charge in [0.15, 0.2) is 0 Å². The first kappa shape index (κ1) is 13.6. The van der Waals surface area contributed by atoms with E-state index in [1.54, 1.807) is 0 Å². The van der Waals surface area contributed by atoms with Gasteiger partial charge in [-0.2, -0.15) is 0 Å². The highest BCUT2D eigenvalue weighted by Gasteiger charge is 2.17. The van der Waals surface area contributed by atoms with E-state index >= 15 is 0 Å². The zero-order valence-electron chi connectivity index (χ0n) is 12.2. The molecule has 0 spiro atoms. The number of nitrogens with zero attached hydrogens (tertiary/aromatic N) is 1. The highest BCUT2D eigenvalue weighted by molar-refractivity contribution is 5.67. The fourth-order valence-electron chi connectivity index (χ4n) is 2.19. The van der Waals surface area contributed by atoms with Crippen LogP contribution in [0.4, 0.5) is 5.82 Å². The zero-order chi connectivity index (χ0) is 14.0. The molecule has 19 heavy (non-hydrogen) atoms. The molecule has 0 radical (unpaired) electrons. The summed E-state index contributed by atoms with van der Waals surface area (Å²) < 4.78 is 0. The molecule has 0 saturated heterocycles. The van der Waals surface area contributed by atoms with E-state index in [0.717, 1.165) is 17.7 Å². The van der Waals surface area contributed by atoms with Crippen LogP contribution in [0, 0.1) is 6.92 Å². The molecule has 0 aliphatic rings. The van der Waals surface area contributed by atoms with Gasteiger partial charge in [0.2, 0.25) is 0 Å². The largest absolute Gasteiger partial charge is 0.384 e. The summed E-state index contributed by atoms with van der Waals surface area (Å²) in [4.78, 5) is 4.32. The normalized spacial score (nSPS) is 11.6. The lowest BCUT2D eigenvalue weighted by Crippen LogP contribution is -2.14. The Balaban J connectivity index is 2.38. The number of benzene rings is 1. The van der Waals surface area contributed by atoms with E-state index in [0.29, 0.717) is 5.82 Å². The van der Waals surface area contributed by atoms with Gasteiger partial charge in [-0.15, -0.1) is 0 Å². The van der Waals surface area contributed by atoms with E-state index < -0.39 is 0 Å². The Morgan fingerprint density at radius 3 is 2.21 bits per heavy atom. The summed E-state index contributed by atoms with van der Waals surface area (Å²) in [5.74, 6) is 0.574. The molecule has 100 valence electrons. The molecule has 1 aromatic carbocycles. The van der Waals surface area contributed by atoms with Gasteiger partial charge >= 0.3 is 0 Å². The van der Waals surface area contributed by atoms with Crippen LogP contribution in [0.2, 0.25) is 0 Å². The Labute approximate surface area is 115 Å². The van der Waals surface area contributed by atoms with Crippen molar-refractivity contribution in [2.75, 3.05) is 5.73 Å². The predicted molar refractivity (Wildman–Crippen MR) is 82.1 cm³/mol. The van der Waals surface area contributed by atoms with Gasteiger partial charge in [0.05, 0.1) is 0 Å². The summed E-state index contributed by atoms with van der Waals surface area (Å²) in [5, 5.41) is 0. The quantitative estimate of drug-likeness (QED) is 0.885. The molecule has 1 aromatic heterocycles. The van der Waals surface area contributed by atoms with E-state index in [-0.39, 0.29) is 5.41 Å². The van der Waals surface area contributed by atoms with E-state index in [4.69, 9.17) is 5.73 Å². The second-order valence-electron chi connectivity index (χ2n) is 5.68. The van der Waals surface area contributed by atoms with Gasteiger partial charge < -0.3 is 5.73 Å². The number of hydrogen-bond donors (Lipinski definition) is 1. The van der Waals surface area contributed by atoms with Crippen molar-refractivity contribution < 1.29 is 0 Å². The Hall–Kier alpha value is -1.83. The molecule has 1 heterocycles. The van der Waals surface area contributed by atoms with Crippen molar-refractivity contribution in [2.45, 2.75) is 39.5 Å². The molecule has 0 unspecified atom stereocenters. The standard InChI is InChI=1S/C17H22N2/c1-5-17(3,4)14-8-6-13(7-9-14)15-10-11-16(18)19-12(15)2/h6-11H,5H2,1-4H3,(H2,18,19). The van der Waals surface area contributed by atoms with Crippen LogP contribution >= 0.6 is 0 Å². The van der Waals surface area contributed by atoms with E-state index in [1.807, 2.05) is 19.1 Å². The Kier molecular flexibility index (Phi) is 3.61. The second-order valence-corrected chi connectivity index (χ2v) is 5.68. The lowest BCUT2D eigenvalue weighted by Gasteiger charge is -2.23. The molecule has 0 atom stereocenters. The maximum absolute atomic E-state index is 5.69. The number of aromatic nitrogens is 1. The number of hydrogen-bond acceptors (Lipinski definition) is 2. The maximum atomic E-state index is 5.69. The lowest BCUT2D eigenvalue weighted by atomic mass is 9.82. The van der Waals surface area contributed by atoms with E-state index in [2.05, 4.69) is 50.0 Å². The topological polar surface area (TPSA) is 38.9 Å². The van der Waals surface area contributed by atoms with Crippen LogP contribution in [0.3, 0.4) is 0 Å². The minimum Gasteiger partial charge on any atom is -0.384 e. The van der Waals surface area contributed by atoms with Gasteiger partial charge in [-0.3, -0.25) is 0 Å². The number of nitrogens with two attached hydrogens (primary N) is 1. The van der Waals surface area contributed by atoms with Gasteiger partial charge in [0.1, 0.15) is 5.82 Å². The van der Waals surface area contributed by atoms with Crippen LogP contribution in [0.25, 0.3) is 11.1 Å². The zero-order valence-corrected chi connectivity index (χ0v) is 12.2. The summed E-state index contributed by atoms with van der Waals surface area (Å²) in [5.41, 5.74) is 10.6. The maximum Gasteiger partial charge on any atom is 0.123 e. The third-order valence-corrected chi connectivity index (χ3v) is 3.97. The molecular weight excluding hydrogens is 232 g/mol. The van der Waals surface area contributed by atoms with Crippen molar-refractivity contribution in [2.24, 2.45) is 0 Å². The molecule has 2 heteroatoms. The Bertz CT molecular complexity index is 568. The van der Waals surface area contributed by atoms with Crippen LogP contribution in [0.15, 0.2) is 36.4 Å². The molecule has 0 aliphatic heterocycles. The number of nitrogen functional groups attached to an aromatic ring is 1. The van der Waals surface area contributed by atoms with Crippen molar-refractivity contribution in [3.05, 3.63) is 47.7 Å². The third kappa shape index (κ3) is 2.78. The predicted octanol–water partition coefficient (Wildman–Crippen LogP) is 4.33. The second kappa shape index (κ2) is 5.04. The SMILES string of the molecule is CCC(C)(C)c1ccc(-c2ccc(N)nc2C)cc1. The van der Waals surface area contributed by atoms with Crippen LogP contribution in [-0.4, -0.2) is 4.98 Å². The third-order valence-electron chi connectivity index (χ3n) is 3.97. The number of anilines is 1. The summed E-state index contributed by atoms with van der Waals surface area (Å²) in [6.45, 7) is 8.77. The number of aryl methyl sites for hydroxylation is 1. The molecule has 0 aliphatic carbocycles. The molecule has 0 amide bonds. The Morgan fingerprint density at radius 2 is 1.68 bits per heavy atom. The van der Waals surface area contributed by atoms with Gasteiger partial charge in [0, 0.05) is 11.3 Å². The molecule has 0 saturated carbocycles. The molecule has 2 aromatic rings. The molecule has 0 fully saturated rings. The van der Waals surface area contributed by atoms with Gasteiger partial charge in [-0.25, -0.2) is 4.98 Å². The average Bonchev–Trinajstić information content (AvgIpc) is 2.39. The minimum atomic E-state index is 0.229. The smallest absolute Gasteiger partial charge is 0.123 e. The molecule has 2 N–H and O–H groups in total. The number of pyridine rings is 1. The summed E-state index contributed by atoms with van der Waals surface area (Å²) in [6.07, 6.45) is 1.13. The van der Waals surface area contributed by atoms with Crippen molar-refractivity contribution in [1.82, 2.24) is 4.98 Å². The van der Waals surface area contributed by atoms with Crippen LogP contribution in [0.1, 0.15) is 38.4 Å². The van der Waals surface area contributed by atoms with Gasteiger partial charge in [-0.05, 0) is 42.0 Å². The van der Waals surface area contributed by atoms with Crippen molar-refractivity contribution in [3.63, 3.8) is 0 Å². The van der Waals surface area contributed by atoms with Crippen molar-refractivity contribution in [1.29, 1.82) is 0 Å². The van der Waals surface area contributed by atoms with Crippen molar-refractivity contribution in [3.8, 4) is 11.1 Å². The molecule has 0 bridgehead atoms. The fourth-order valence-corrected chi connectivity index (χ4v) is 2.19. The molecular formula is C17H22N2. The fraction of sp³-hybridized carbons (Fsp3) is 0.353. The van der Waals surface area contributed by atoms with Gasteiger partial charge in [0.25, 0.3) is 0 Å². The monoisotopic (exact) mass is 254 g/mol. The van der Waals surface area contributed by atoms with Crippen LogP contribution < -0.4 is 5.73 Å². The summed E-state index contributed by atoms with van der Waals surface area (Å²) in [7, 11) is 0. The van der Waals surface area contributed by atoms with E-state index in [9.17, 15) is 0 Å². The first-order valence-corrected chi connectivity index (χ1v) is 6.78. The lowest BCUT2D eigenvalue weighted by molar-refractivity contribution is 0.506. The highest BCUT2D eigenvalue weighted by Crippen LogP contribution is 2.29. The van der Waals surface area contributed by atoms with Crippen LogP contribution in [0.5, 0.6) is 0 Å². The minimum absolute atomic E-state index is 0.229. The van der Waals surface area contributed by atoms with E-state index in [1.165, 1.54) is 11.1 Å². The van der Waals surface area contributed by atoms with Gasteiger partial charge in [-0.1, -0.05) is 45.0 Å².